The predicted octanol–water partition coefficient (Wildman–Crippen LogP) is 2.88. The van der Waals surface area contributed by atoms with Crippen LogP contribution in [0.4, 0.5) is 8.78 Å². The second kappa shape index (κ2) is 5.58. The van der Waals surface area contributed by atoms with Crippen molar-refractivity contribution >= 4 is 5.91 Å². The van der Waals surface area contributed by atoms with Gasteiger partial charge in [0.2, 0.25) is 0 Å². The monoisotopic (exact) mass is 227 g/mol. The zero-order valence-corrected chi connectivity index (χ0v) is 9.39. The lowest BCUT2D eigenvalue weighted by Crippen LogP contribution is -2.34. The minimum atomic E-state index is -0.830. The van der Waals surface area contributed by atoms with Crippen LogP contribution >= 0.6 is 0 Å². The highest BCUT2D eigenvalue weighted by Gasteiger charge is 2.14. The van der Waals surface area contributed by atoms with Gasteiger partial charge in [0.15, 0.2) is 0 Å². The van der Waals surface area contributed by atoms with E-state index in [-0.39, 0.29) is 11.6 Å². The Morgan fingerprint density at radius 1 is 1.31 bits per heavy atom. The summed E-state index contributed by atoms with van der Waals surface area (Å²) in [6.45, 7) is 3.88. The van der Waals surface area contributed by atoms with Crippen molar-refractivity contribution in [2.45, 2.75) is 32.7 Å². The van der Waals surface area contributed by atoms with E-state index in [0.717, 1.165) is 25.0 Å². The Balaban J connectivity index is 2.80. The summed E-state index contributed by atoms with van der Waals surface area (Å²) in [5.41, 5.74) is -0.117. The lowest BCUT2D eigenvalue weighted by Gasteiger charge is -2.14. The summed E-state index contributed by atoms with van der Waals surface area (Å²) in [4.78, 5) is 11.6. The molecule has 0 spiro atoms. The molecule has 0 aromatic heterocycles. The van der Waals surface area contributed by atoms with Crippen LogP contribution in [0.25, 0.3) is 0 Å². The molecule has 0 heterocycles. The number of hydrogen-bond acceptors (Lipinski definition) is 1. The lowest BCUT2D eigenvalue weighted by atomic mass is 10.1. The standard InChI is InChI=1S/C12H15F2NO/c1-3-9(4-2)15-12(16)10-6-5-8(13)7-11(10)14/h5-7,9H,3-4H2,1-2H3,(H,15,16). The molecule has 1 amide bonds. The van der Waals surface area contributed by atoms with Crippen LogP contribution in [0.1, 0.15) is 37.0 Å². The molecule has 1 aromatic carbocycles. The van der Waals surface area contributed by atoms with Crippen LogP contribution in [0, 0.1) is 11.6 Å². The SMILES string of the molecule is CCC(CC)NC(=O)c1ccc(F)cc1F. The third-order valence-electron chi connectivity index (χ3n) is 2.50. The van der Waals surface area contributed by atoms with Gasteiger partial charge in [-0.15, -0.1) is 0 Å². The highest BCUT2D eigenvalue weighted by atomic mass is 19.1. The molecule has 0 saturated heterocycles. The van der Waals surface area contributed by atoms with Crippen molar-refractivity contribution in [1.29, 1.82) is 0 Å². The first kappa shape index (κ1) is 12.6. The maximum absolute atomic E-state index is 13.3. The maximum Gasteiger partial charge on any atom is 0.254 e. The molecule has 0 unspecified atom stereocenters. The topological polar surface area (TPSA) is 29.1 Å². The van der Waals surface area contributed by atoms with Crippen molar-refractivity contribution in [1.82, 2.24) is 5.32 Å². The smallest absolute Gasteiger partial charge is 0.254 e. The molecule has 0 fully saturated rings. The molecule has 0 atom stereocenters. The van der Waals surface area contributed by atoms with Crippen molar-refractivity contribution in [3.63, 3.8) is 0 Å². The fraction of sp³-hybridized carbons (Fsp3) is 0.417. The third-order valence-corrected chi connectivity index (χ3v) is 2.50. The molecule has 0 aliphatic carbocycles. The Labute approximate surface area is 93.7 Å². The van der Waals surface area contributed by atoms with E-state index >= 15 is 0 Å². The molecule has 1 rings (SSSR count). The fourth-order valence-electron chi connectivity index (χ4n) is 1.43. The third kappa shape index (κ3) is 3.02. The summed E-state index contributed by atoms with van der Waals surface area (Å²) in [6.07, 6.45) is 1.57. The quantitative estimate of drug-likeness (QED) is 0.841. The second-order valence-corrected chi connectivity index (χ2v) is 3.61. The number of amides is 1. The van der Waals surface area contributed by atoms with Gasteiger partial charge in [-0.1, -0.05) is 13.8 Å². The van der Waals surface area contributed by atoms with Crippen LogP contribution in [0.2, 0.25) is 0 Å². The van der Waals surface area contributed by atoms with Crippen LogP contribution in [-0.2, 0) is 0 Å². The number of hydrogen-bond donors (Lipinski definition) is 1. The summed E-state index contributed by atoms with van der Waals surface area (Å²) in [5, 5.41) is 2.69. The minimum absolute atomic E-state index is 0.0250. The number of carbonyl (C=O) groups excluding carboxylic acids is 1. The zero-order valence-electron chi connectivity index (χ0n) is 9.39. The predicted molar refractivity (Wildman–Crippen MR) is 58.2 cm³/mol. The largest absolute Gasteiger partial charge is 0.349 e. The van der Waals surface area contributed by atoms with Gasteiger partial charge >= 0.3 is 0 Å². The van der Waals surface area contributed by atoms with E-state index in [9.17, 15) is 13.6 Å². The molecule has 0 saturated carbocycles. The highest BCUT2D eigenvalue weighted by molar-refractivity contribution is 5.94. The number of halogens is 2. The molecule has 88 valence electrons. The van der Waals surface area contributed by atoms with Gasteiger partial charge < -0.3 is 5.32 Å². The first-order valence-electron chi connectivity index (χ1n) is 5.34. The van der Waals surface area contributed by atoms with Crippen molar-refractivity contribution in [3.05, 3.63) is 35.4 Å². The lowest BCUT2D eigenvalue weighted by molar-refractivity contribution is 0.0930. The van der Waals surface area contributed by atoms with Gasteiger partial charge in [-0.3, -0.25) is 4.79 Å². The van der Waals surface area contributed by atoms with E-state index in [0.29, 0.717) is 6.07 Å². The molecule has 0 bridgehead atoms. The molecular weight excluding hydrogens is 212 g/mol. The number of carbonyl (C=O) groups is 1. The normalized spacial score (nSPS) is 10.6. The zero-order chi connectivity index (χ0) is 12.1. The van der Waals surface area contributed by atoms with Crippen molar-refractivity contribution < 1.29 is 13.6 Å². The van der Waals surface area contributed by atoms with Gasteiger partial charge in [0.05, 0.1) is 5.56 Å². The summed E-state index contributed by atoms with van der Waals surface area (Å²) in [5.74, 6) is -2.01. The van der Waals surface area contributed by atoms with E-state index in [2.05, 4.69) is 5.32 Å². The van der Waals surface area contributed by atoms with Gasteiger partial charge in [0.25, 0.3) is 5.91 Å². The van der Waals surface area contributed by atoms with Gasteiger partial charge in [0, 0.05) is 12.1 Å². The molecule has 16 heavy (non-hydrogen) atoms. The maximum atomic E-state index is 13.3. The van der Waals surface area contributed by atoms with E-state index in [1.165, 1.54) is 0 Å². The summed E-state index contributed by atoms with van der Waals surface area (Å²) < 4.78 is 25.9. The Hall–Kier alpha value is -1.45. The minimum Gasteiger partial charge on any atom is -0.349 e. The van der Waals surface area contributed by atoms with Crippen LogP contribution < -0.4 is 5.32 Å². The van der Waals surface area contributed by atoms with Crippen LogP contribution in [0.15, 0.2) is 18.2 Å². The number of nitrogens with one attached hydrogen (secondary N) is 1. The molecule has 0 aliphatic rings. The van der Waals surface area contributed by atoms with Gasteiger partial charge in [-0.05, 0) is 25.0 Å². The van der Waals surface area contributed by atoms with Crippen LogP contribution in [0.5, 0.6) is 0 Å². The number of rotatable bonds is 4. The Morgan fingerprint density at radius 2 is 1.94 bits per heavy atom. The first-order chi connectivity index (χ1) is 7.58. The van der Waals surface area contributed by atoms with Gasteiger partial charge in [-0.2, -0.15) is 0 Å². The average molecular weight is 227 g/mol. The van der Waals surface area contributed by atoms with Crippen LogP contribution in [-0.4, -0.2) is 11.9 Å². The average Bonchev–Trinajstić information content (AvgIpc) is 2.25. The van der Waals surface area contributed by atoms with Gasteiger partial charge in [-0.25, -0.2) is 8.78 Å². The molecule has 1 N–H and O–H groups in total. The molecule has 4 heteroatoms. The van der Waals surface area contributed by atoms with E-state index in [1.54, 1.807) is 0 Å². The first-order valence-corrected chi connectivity index (χ1v) is 5.34. The molecular formula is C12H15F2NO. The van der Waals surface area contributed by atoms with Gasteiger partial charge in [0.1, 0.15) is 11.6 Å². The molecule has 1 aromatic rings. The van der Waals surface area contributed by atoms with Crippen molar-refractivity contribution in [2.75, 3.05) is 0 Å². The van der Waals surface area contributed by atoms with Crippen molar-refractivity contribution in [3.8, 4) is 0 Å². The Morgan fingerprint density at radius 3 is 2.44 bits per heavy atom. The molecule has 2 nitrogen and oxygen atoms in total. The molecule has 0 radical (unpaired) electrons. The molecule has 0 aliphatic heterocycles. The summed E-state index contributed by atoms with van der Waals surface area (Å²) in [7, 11) is 0. The Bertz CT molecular complexity index is 375. The second-order valence-electron chi connectivity index (χ2n) is 3.61. The highest BCUT2D eigenvalue weighted by Crippen LogP contribution is 2.10. The fourth-order valence-corrected chi connectivity index (χ4v) is 1.43. The summed E-state index contributed by atoms with van der Waals surface area (Å²) >= 11 is 0. The summed E-state index contributed by atoms with van der Waals surface area (Å²) in [6, 6.07) is 2.96. The van der Waals surface area contributed by atoms with Crippen LogP contribution in [0.3, 0.4) is 0 Å². The Kier molecular flexibility index (Phi) is 4.40. The number of benzene rings is 1. The van der Waals surface area contributed by atoms with E-state index in [1.807, 2.05) is 13.8 Å². The van der Waals surface area contributed by atoms with E-state index < -0.39 is 17.5 Å². The van der Waals surface area contributed by atoms with E-state index in [4.69, 9.17) is 0 Å². The van der Waals surface area contributed by atoms with Crippen molar-refractivity contribution in [2.24, 2.45) is 0 Å².